The zero-order valence-corrected chi connectivity index (χ0v) is 20.9. The van der Waals surface area contributed by atoms with Gasteiger partial charge in [-0.15, -0.1) is 0 Å². The molecule has 11 heteroatoms. The Morgan fingerprint density at radius 3 is 2.68 bits per heavy atom. The van der Waals surface area contributed by atoms with E-state index in [0.29, 0.717) is 28.4 Å². The van der Waals surface area contributed by atoms with E-state index in [-0.39, 0.29) is 33.7 Å². The van der Waals surface area contributed by atoms with Gasteiger partial charge in [0, 0.05) is 17.7 Å². The van der Waals surface area contributed by atoms with Gasteiger partial charge in [0.05, 0.1) is 33.4 Å². The molecule has 10 nitrogen and oxygen atoms in total. The molecular formula is C26H23N3O7S. The van der Waals surface area contributed by atoms with Gasteiger partial charge in [0.25, 0.3) is 11.2 Å². The van der Waals surface area contributed by atoms with Crippen molar-refractivity contribution in [3.63, 3.8) is 0 Å². The second-order valence-corrected chi connectivity index (χ2v) is 8.98. The van der Waals surface area contributed by atoms with Crippen LogP contribution in [0.2, 0.25) is 0 Å². The van der Waals surface area contributed by atoms with Crippen molar-refractivity contribution in [2.45, 2.75) is 19.9 Å². The van der Waals surface area contributed by atoms with Gasteiger partial charge in [-0.1, -0.05) is 36.1 Å². The van der Waals surface area contributed by atoms with Crippen molar-refractivity contribution in [2.24, 2.45) is 4.99 Å². The molecule has 1 N–H and O–H groups in total. The molecule has 4 rings (SSSR count). The molecule has 37 heavy (non-hydrogen) atoms. The van der Waals surface area contributed by atoms with E-state index in [1.165, 1.54) is 28.8 Å². The van der Waals surface area contributed by atoms with Crippen LogP contribution in [0.1, 0.15) is 31.0 Å². The Morgan fingerprint density at radius 2 is 2.03 bits per heavy atom. The summed E-state index contributed by atoms with van der Waals surface area (Å²) in [6.45, 7) is 7.46. The molecule has 0 saturated heterocycles. The summed E-state index contributed by atoms with van der Waals surface area (Å²) in [5, 5.41) is 21.4. The predicted molar refractivity (Wildman–Crippen MR) is 137 cm³/mol. The number of aromatic hydroxyl groups is 1. The summed E-state index contributed by atoms with van der Waals surface area (Å²) >= 11 is 1.05. The number of nitro benzene ring substituents is 1. The quantitative estimate of drug-likeness (QED) is 0.208. The number of ether oxygens (including phenoxy) is 2. The van der Waals surface area contributed by atoms with Crippen molar-refractivity contribution in [3.05, 3.63) is 107 Å². The molecule has 0 saturated carbocycles. The number of nitrogens with zero attached hydrogens (tertiary/aromatic N) is 3. The number of carbonyl (C=O) groups excluding carboxylic acids is 1. The first-order chi connectivity index (χ1) is 17.7. The molecule has 0 aliphatic carbocycles. The molecule has 1 aliphatic rings. The number of esters is 1. The second kappa shape index (κ2) is 10.6. The third-order valence-corrected chi connectivity index (χ3v) is 6.57. The molecule has 0 unspecified atom stereocenters. The fraction of sp³-hybridized carbons (Fsp3) is 0.192. The van der Waals surface area contributed by atoms with Crippen LogP contribution in [-0.2, 0) is 9.53 Å². The lowest BCUT2D eigenvalue weighted by atomic mass is 9.96. The third-order valence-electron chi connectivity index (χ3n) is 5.59. The second-order valence-electron chi connectivity index (χ2n) is 7.97. The van der Waals surface area contributed by atoms with Crippen molar-refractivity contribution >= 4 is 29.1 Å². The number of hydrogen-bond donors (Lipinski definition) is 1. The minimum Gasteiger partial charge on any atom is -0.507 e. The van der Waals surface area contributed by atoms with Crippen LogP contribution in [0.3, 0.4) is 0 Å². The summed E-state index contributed by atoms with van der Waals surface area (Å²) in [6.07, 6.45) is 2.99. The highest BCUT2D eigenvalue weighted by atomic mass is 32.1. The van der Waals surface area contributed by atoms with E-state index < -0.39 is 22.5 Å². The first-order valence-electron chi connectivity index (χ1n) is 11.3. The van der Waals surface area contributed by atoms with Gasteiger partial charge in [0.2, 0.25) is 0 Å². The van der Waals surface area contributed by atoms with Gasteiger partial charge in [-0.25, -0.2) is 9.79 Å². The fourth-order valence-corrected chi connectivity index (χ4v) is 4.96. The predicted octanol–water partition coefficient (Wildman–Crippen LogP) is 2.98. The van der Waals surface area contributed by atoms with E-state index in [0.717, 1.165) is 11.3 Å². The minimum atomic E-state index is -0.829. The number of thiazole rings is 1. The molecule has 0 amide bonds. The Bertz CT molecular complexity index is 1600. The van der Waals surface area contributed by atoms with Gasteiger partial charge >= 0.3 is 5.97 Å². The average molecular weight is 522 g/mol. The van der Waals surface area contributed by atoms with Gasteiger partial charge in [-0.05, 0) is 43.7 Å². The normalized spacial score (nSPS) is 15.1. The molecule has 2 aromatic carbocycles. The van der Waals surface area contributed by atoms with Crippen LogP contribution in [0.25, 0.3) is 6.08 Å². The lowest BCUT2D eigenvalue weighted by molar-refractivity contribution is -0.384. The number of rotatable bonds is 8. The first kappa shape index (κ1) is 25.6. The smallest absolute Gasteiger partial charge is 0.338 e. The number of fused-ring (bicyclic) bond motifs is 1. The molecule has 0 spiro atoms. The number of benzene rings is 2. The van der Waals surface area contributed by atoms with E-state index in [2.05, 4.69) is 11.6 Å². The molecule has 0 bridgehead atoms. The van der Waals surface area contributed by atoms with Gasteiger partial charge in [-0.3, -0.25) is 19.5 Å². The minimum absolute atomic E-state index is 0.112. The first-order valence-corrected chi connectivity index (χ1v) is 12.1. The van der Waals surface area contributed by atoms with Crippen LogP contribution >= 0.6 is 11.3 Å². The molecule has 190 valence electrons. The number of non-ortho nitro benzene ring substituents is 1. The monoisotopic (exact) mass is 521 g/mol. The summed E-state index contributed by atoms with van der Waals surface area (Å²) in [4.78, 5) is 42.0. The maximum absolute atomic E-state index is 13.6. The Labute approximate surface area is 214 Å². The van der Waals surface area contributed by atoms with Gasteiger partial charge in [-0.2, -0.15) is 0 Å². The highest BCUT2D eigenvalue weighted by Gasteiger charge is 2.33. The lowest BCUT2D eigenvalue weighted by Gasteiger charge is -2.24. The summed E-state index contributed by atoms with van der Waals surface area (Å²) in [6, 6.07) is 9.69. The highest BCUT2D eigenvalue weighted by molar-refractivity contribution is 7.07. The topological polar surface area (TPSA) is 133 Å². The van der Waals surface area contributed by atoms with Crippen molar-refractivity contribution in [1.29, 1.82) is 0 Å². The Kier molecular flexibility index (Phi) is 7.35. The molecule has 1 atom stereocenters. The van der Waals surface area contributed by atoms with Gasteiger partial charge in [0.1, 0.15) is 18.1 Å². The van der Waals surface area contributed by atoms with Crippen molar-refractivity contribution < 1.29 is 24.3 Å². The molecule has 1 aliphatic heterocycles. The summed E-state index contributed by atoms with van der Waals surface area (Å²) < 4.78 is 12.4. The van der Waals surface area contributed by atoms with Crippen LogP contribution in [0, 0.1) is 10.1 Å². The molecule has 3 aromatic rings. The van der Waals surface area contributed by atoms with E-state index >= 15 is 0 Å². The molecule has 2 heterocycles. The van der Waals surface area contributed by atoms with Crippen LogP contribution in [0.5, 0.6) is 11.5 Å². The van der Waals surface area contributed by atoms with E-state index in [4.69, 9.17) is 9.47 Å². The standard InChI is InChI=1S/C26H23N3O7S/c1-4-12-36-19-9-6-16(7-10-19)23-22(25(32)35-5-2)15(3)27-26-28(23)24(31)21(37-26)14-17-13-18(29(33)34)8-11-20(17)30/h4,6-11,13-14,23,30H,1,5,12H2,2-3H3/b21-14-/t23-/m1/s1. The van der Waals surface area contributed by atoms with Crippen LogP contribution in [0.15, 0.2) is 76.2 Å². The number of aromatic nitrogens is 1. The zero-order chi connectivity index (χ0) is 26.7. The van der Waals surface area contributed by atoms with Crippen LogP contribution < -0.4 is 19.6 Å². The van der Waals surface area contributed by atoms with Crippen LogP contribution in [0.4, 0.5) is 5.69 Å². The van der Waals surface area contributed by atoms with Crippen LogP contribution in [-0.4, -0.2) is 33.8 Å². The molecule has 1 aromatic heterocycles. The Hall–Kier alpha value is -4.51. The maximum atomic E-state index is 13.6. The zero-order valence-electron chi connectivity index (χ0n) is 20.0. The number of nitro groups is 1. The Balaban J connectivity index is 1.91. The van der Waals surface area contributed by atoms with E-state index in [1.54, 1.807) is 44.2 Å². The summed E-state index contributed by atoms with van der Waals surface area (Å²) in [7, 11) is 0. The van der Waals surface area contributed by atoms with Gasteiger partial charge in [0.15, 0.2) is 4.80 Å². The number of hydrogen-bond acceptors (Lipinski definition) is 9. The van der Waals surface area contributed by atoms with Crippen molar-refractivity contribution in [1.82, 2.24) is 4.57 Å². The maximum Gasteiger partial charge on any atom is 0.338 e. The highest BCUT2D eigenvalue weighted by Crippen LogP contribution is 2.32. The number of phenols is 1. The number of carbonyl (C=O) groups is 1. The van der Waals surface area contributed by atoms with Crippen molar-refractivity contribution in [3.8, 4) is 11.5 Å². The SMILES string of the molecule is C=CCOc1ccc([C@@H]2C(C(=O)OCC)=C(C)N=c3s/c(=C\c4cc([N+](=O)[O-])ccc4O)c(=O)n32)cc1. The fourth-order valence-electron chi connectivity index (χ4n) is 3.92. The molecule has 0 fully saturated rings. The largest absolute Gasteiger partial charge is 0.507 e. The average Bonchev–Trinajstić information content (AvgIpc) is 3.17. The lowest BCUT2D eigenvalue weighted by Crippen LogP contribution is -2.39. The van der Waals surface area contributed by atoms with Crippen molar-refractivity contribution in [2.75, 3.05) is 13.2 Å². The van der Waals surface area contributed by atoms with Gasteiger partial charge < -0.3 is 14.6 Å². The molecule has 0 radical (unpaired) electrons. The van der Waals surface area contributed by atoms with E-state index in [9.17, 15) is 24.8 Å². The number of phenolic OH excluding ortho intramolecular Hbond substituents is 1. The summed E-state index contributed by atoms with van der Waals surface area (Å²) in [5.74, 6) is -0.214. The molecular weight excluding hydrogens is 498 g/mol. The van der Waals surface area contributed by atoms with E-state index in [1.807, 2.05) is 0 Å². The summed E-state index contributed by atoms with van der Waals surface area (Å²) in [5.41, 5.74) is 0.672. The number of allylic oxidation sites excluding steroid dienone is 1. The Morgan fingerprint density at radius 1 is 1.30 bits per heavy atom. The third kappa shape index (κ3) is 5.07.